The molecule has 1 aromatic heterocycles. The summed E-state index contributed by atoms with van der Waals surface area (Å²) >= 11 is 0. The Balaban J connectivity index is 1.72. The summed E-state index contributed by atoms with van der Waals surface area (Å²) in [6, 6.07) is 0.480. The van der Waals surface area contributed by atoms with Crippen LogP contribution < -0.4 is 5.32 Å². The van der Waals surface area contributed by atoms with E-state index in [1.807, 2.05) is 6.92 Å². The highest BCUT2D eigenvalue weighted by Gasteiger charge is 2.25. The Morgan fingerprint density at radius 1 is 1.45 bits per heavy atom. The lowest BCUT2D eigenvalue weighted by Crippen LogP contribution is -2.48. The number of rotatable bonds is 6. The highest BCUT2D eigenvalue weighted by molar-refractivity contribution is 5.81. The van der Waals surface area contributed by atoms with E-state index < -0.39 is 0 Å². The fourth-order valence-corrected chi connectivity index (χ4v) is 2.78. The number of carbonyl (C=O) groups excluding carboxylic acids is 1. The summed E-state index contributed by atoms with van der Waals surface area (Å²) in [7, 11) is 2.07. The summed E-state index contributed by atoms with van der Waals surface area (Å²) in [5.41, 5.74) is 0. The normalized spacial score (nSPS) is 18.1. The van der Waals surface area contributed by atoms with Crippen molar-refractivity contribution in [2.75, 3.05) is 13.6 Å². The van der Waals surface area contributed by atoms with Gasteiger partial charge >= 0.3 is 0 Å². The first kappa shape index (κ1) is 15.0. The largest absolute Gasteiger partial charge is 0.353 e. The van der Waals surface area contributed by atoms with E-state index in [1.54, 1.807) is 17.1 Å². The zero-order valence-electron chi connectivity index (χ0n) is 12.5. The summed E-state index contributed by atoms with van der Waals surface area (Å²) < 4.78 is 1.72. The maximum absolute atomic E-state index is 12.2. The molecule has 0 radical (unpaired) electrons. The van der Waals surface area contributed by atoms with Crippen LogP contribution in [0.5, 0.6) is 0 Å². The molecular formula is C14H25N5O. The number of hydrogen-bond acceptors (Lipinski definition) is 4. The molecular weight excluding hydrogens is 254 g/mol. The highest BCUT2D eigenvalue weighted by Crippen LogP contribution is 2.22. The molecule has 0 bridgehead atoms. The first-order valence-electron chi connectivity index (χ1n) is 7.52. The molecule has 20 heavy (non-hydrogen) atoms. The van der Waals surface area contributed by atoms with Gasteiger partial charge in [-0.3, -0.25) is 14.4 Å². The molecule has 6 heteroatoms. The number of amides is 1. The molecule has 1 saturated carbocycles. The van der Waals surface area contributed by atoms with Crippen molar-refractivity contribution in [1.82, 2.24) is 25.2 Å². The van der Waals surface area contributed by atoms with Crippen LogP contribution in [0.4, 0.5) is 0 Å². The Labute approximate surface area is 120 Å². The molecule has 1 aliphatic rings. The zero-order chi connectivity index (χ0) is 14.4. The van der Waals surface area contributed by atoms with E-state index in [9.17, 15) is 4.79 Å². The van der Waals surface area contributed by atoms with Crippen molar-refractivity contribution in [1.29, 1.82) is 0 Å². The van der Waals surface area contributed by atoms with Gasteiger partial charge in [0, 0.05) is 18.8 Å². The van der Waals surface area contributed by atoms with Crippen LogP contribution in [0, 0.1) is 0 Å². The first-order valence-corrected chi connectivity index (χ1v) is 7.52. The van der Waals surface area contributed by atoms with E-state index in [4.69, 9.17) is 0 Å². The topological polar surface area (TPSA) is 63.1 Å². The zero-order valence-corrected chi connectivity index (χ0v) is 12.5. The summed E-state index contributed by atoms with van der Waals surface area (Å²) in [4.78, 5) is 14.4. The second-order valence-electron chi connectivity index (χ2n) is 5.59. The van der Waals surface area contributed by atoms with Crippen molar-refractivity contribution >= 4 is 5.91 Å². The SMILES string of the molecule is CC(C(=O)NCCn1ccnn1)N(C)C1CCCCC1. The maximum Gasteiger partial charge on any atom is 0.237 e. The summed E-state index contributed by atoms with van der Waals surface area (Å²) in [5, 5.41) is 10.6. The van der Waals surface area contributed by atoms with Gasteiger partial charge in [-0.05, 0) is 26.8 Å². The molecule has 1 unspecified atom stereocenters. The molecule has 0 aromatic carbocycles. The number of carbonyl (C=O) groups is 1. The van der Waals surface area contributed by atoms with Gasteiger partial charge in [0.15, 0.2) is 0 Å². The van der Waals surface area contributed by atoms with Crippen LogP contribution in [-0.4, -0.2) is 51.5 Å². The van der Waals surface area contributed by atoms with Crippen LogP contribution >= 0.6 is 0 Å². The lowest BCUT2D eigenvalue weighted by Gasteiger charge is -2.34. The average molecular weight is 279 g/mol. The second-order valence-corrected chi connectivity index (χ2v) is 5.59. The molecule has 1 amide bonds. The molecule has 1 aromatic rings. The van der Waals surface area contributed by atoms with Crippen LogP contribution in [-0.2, 0) is 11.3 Å². The summed E-state index contributed by atoms with van der Waals surface area (Å²) in [6.07, 6.45) is 9.78. The monoisotopic (exact) mass is 279 g/mol. The Bertz CT molecular complexity index is 400. The lowest BCUT2D eigenvalue weighted by atomic mass is 9.93. The molecule has 2 rings (SSSR count). The molecule has 1 heterocycles. The van der Waals surface area contributed by atoms with E-state index in [0.717, 1.165) is 0 Å². The first-order chi connectivity index (χ1) is 9.68. The second kappa shape index (κ2) is 7.38. The number of nitrogens with one attached hydrogen (secondary N) is 1. The standard InChI is InChI=1S/C14H25N5O/c1-12(18(2)13-6-4-3-5-7-13)14(20)15-8-10-19-11-9-16-17-19/h9,11-13H,3-8,10H2,1-2H3,(H,15,20). The minimum absolute atomic E-state index is 0.0751. The van der Waals surface area contributed by atoms with E-state index in [-0.39, 0.29) is 11.9 Å². The molecule has 1 N–H and O–H groups in total. The fraction of sp³-hybridized carbons (Fsp3) is 0.786. The van der Waals surface area contributed by atoms with E-state index in [0.29, 0.717) is 19.1 Å². The third kappa shape index (κ3) is 4.03. The van der Waals surface area contributed by atoms with Crippen molar-refractivity contribution in [3.05, 3.63) is 12.4 Å². The van der Waals surface area contributed by atoms with Gasteiger partial charge in [0.1, 0.15) is 0 Å². The minimum atomic E-state index is -0.0751. The van der Waals surface area contributed by atoms with Crippen LogP contribution in [0.3, 0.4) is 0 Å². The van der Waals surface area contributed by atoms with Crippen LogP contribution in [0.15, 0.2) is 12.4 Å². The van der Waals surface area contributed by atoms with Crippen molar-refractivity contribution in [3.8, 4) is 0 Å². The molecule has 1 aliphatic carbocycles. The van der Waals surface area contributed by atoms with Gasteiger partial charge in [-0.2, -0.15) is 0 Å². The van der Waals surface area contributed by atoms with Gasteiger partial charge in [0.25, 0.3) is 0 Å². The Morgan fingerprint density at radius 2 is 2.20 bits per heavy atom. The minimum Gasteiger partial charge on any atom is -0.353 e. The van der Waals surface area contributed by atoms with Crippen LogP contribution in [0.1, 0.15) is 39.0 Å². The van der Waals surface area contributed by atoms with Crippen molar-refractivity contribution < 1.29 is 4.79 Å². The Hall–Kier alpha value is -1.43. The van der Waals surface area contributed by atoms with Gasteiger partial charge in [0.05, 0.1) is 18.8 Å². The van der Waals surface area contributed by atoms with E-state index in [2.05, 4.69) is 27.6 Å². The van der Waals surface area contributed by atoms with Gasteiger partial charge in [-0.25, -0.2) is 0 Å². The van der Waals surface area contributed by atoms with Crippen molar-refractivity contribution in [3.63, 3.8) is 0 Å². The quantitative estimate of drug-likeness (QED) is 0.845. The number of nitrogens with zero attached hydrogens (tertiary/aromatic N) is 4. The molecule has 112 valence electrons. The molecule has 0 spiro atoms. The number of aromatic nitrogens is 3. The third-order valence-electron chi connectivity index (χ3n) is 4.25. The van der Waals surface area contributed by atoms with Gasteiger partial charge in [-0.1, -0.05) is 24.5 Å². The van der Waals surface area contributed by atoms with Crippen molar-refractivity contribution in [2.45, 2.75) is 57.7 Å². The van der Waals surface area contributed by atoms with Gasteiger partial charge in [-0.15, -0.1) is 5.10 Å². The van der Waals surface area contributed by atoms with Crippen LogP contribution in [0.25, 0.3) is 0 Å². The summed E-state index contributed by atoms with van der Waals surface area (Å²) in [6.45, 7) is 3.23. The number of likely N-dealkylation sites (N-methyl/N-ethyl adjacent to an activating group) is 1. The Kier molecular flexibility index (Phi) is 5.52. The van der Waals surface area contributed by atoms with Crippen LogP contribution in [0.2, 0.25) is 0 Å². The van der Waals surface area contributed by atoms with Crippen molar-refractivity contribution in [2.24, 2.45) is 0 Å². The Morgan fingerprint density at radius 3 is 2.85 bits per heavy atom. The molecule has 0 aliphatic heterocycles. The summed E-state index contributed by atoms with van der Waals surface area (Å²) in [5.74, 6) is 0.0955. The van der Waals surface area contributed by atoms with Gasteiger partial charge in [0.2, 0.25) is 5.91 Å². The van der Waals surface area contributed by atoms with E-state index in [1.165, 1.54) is 32.1 Å². The maximum atomic E-state index is 12.2. The molecule has 1 fully saturated rings. The highest BCUT2D eigenvalue weighted by atomic mass is 16.2. The predicted octanol–water partition coefficient (Wildman–Crippen LogP) is 1.05. The number of hydrogen-bond donors (Lipinski definition) is 1. The molecule has 1 atom stereocenters. The molecule has 6 nitrogen and oxygen atoms in total. The smallest absolute Gasteiger partial charge is 0.237 e. The predicted molar refractivity (Wildman–Crippen MR) is 77.1 cm³/mol. The third-order valence-corrected chi connectivity index (χ3v) is 4.25. The fourth-order valence-electron chi connectivity index (χ4n) is 2.78. The van der Waals surface area contributed by atoms with Gasteiger partial charge < -0.3 is 5.32 Å². The molecule has 0 saturated heterocycles. The lowest BCUT2D eigenvalue weighted by molar-refractivity contribution is -0.126. The average Bonchev–Trinajstić information content (AvgIpc) is 2.99. The van der Waals surface area contributed by atoms with E-state index >= 15 is 0 Å².